The molecule has 3 rings (SSSR count). The van der Waals surface area contributed by atoms with E-state index in [9.17, 15) is 39.5 Å². The largest absolute Gasteiger partial charge is 0.573 e. The van der Waals surface area contributed by atoms with E-state index in [1.54, 1.807) is 30.3 Å². The molecule has 0 saturated heterocycles. The summed E-state index contributed by atoms with van der Waals surface area (Å²) in [5, 5.41) is 2.27. The van der Waals surface area contributed by atoms with Crippen LogP contribution in [-0.2, 0) is 11.8 Å². The van der Waals surface area contributed by atoms with Gasteiger partial charge in [0.25, 0.3) is 0 Å². The van der Waals surface area contributed by atoms with E-state index in [4.69, 9.17) is 0 Å². The van der Waals surface area contributed by atoms with Gasteiger partial charge in [0.1, 0.15) is 11.5 Å². The molecule has 3 aromatic carbocycles. The second-order valence-electron chi connectivity index (χ2n) is 8.11. The molecule has 0 radical (unpaired) electrons. The number of benzene rings is 3. The van der Waals surface area contributed by atoms with Crippen LogP contribution >= 0.6 is 0 Å². The van der Waals surface area contributed by atoms with Crippen LogP contribution in [0, 0.1) is 0 Å². The van der Waals surface area contributed by atoms with Crippen molar-refractivity contribution in [3.63, 3.8) is 0 Å². The maximum Gasteiger partial charge on any atom is 0.573 e. The summed E-state index contributed by atoms with van der Waals surface area (Å²) in [6.45, 7) is -1.94. The molecule has 0 fully saturated rings. The Hall–Kier alpha value is -3.41. The number of halogens is 9. The molecule has 200 valence electrons. The number of alkyl halides is 9. The Morgan fingerprint density at radius 1 is 0.568 bits per heavy atom. The lowest BCUT2D eigenvalue weighted by molar-refractivity contribution is -0.275. The Bertz CT molecular complexity index is 1100. The van der Waals surface area contributed by atoms with Crippen LogP contribution in [0.25, 0.3) is 0 Å². The highest BCUT2D eigenvalue weighted by molar-refractivity contribution is 5.47. The van der Waals surface area contributed by atoms with E-state index < -0.39 is 48.9 Å². The monoisotopic (exact) mass is 537 g/mol. The summed E-state index contributed by atoms with van der Waals surface area (Å²) in [5.74, 6) is -1.28. The van der Waals surface area contributed by atoms with Crippen molar-refractivity contribution in [2.24, 2.45) is 0 Å². The van der Waals surface area contributed by atoms with Crippen molar-refractivity contribution in [2.75, 3.05) is 13.1 Å². The average molecular weight is 537 g/mol. The minimum atomic E-state index is -5.05. The normalized spacial score (nSPS) is 12.9. The van der Waals surface area contributed by atoms with Gasteiger partial charge in [-0.15, -0.1) is 26.3 Å². The maximum atomic E-state index is 13.0. The van der Waals surface area contributed by atoms with Crippen LogP contribution in [0.5, 0.6) is 11.5 Å². The fraction of sp³-hybridized carbons (Fsp3) is 0.280. The highest BCUT2D eigenvalue weighted by Crippen LogP contribution is 2.40. The third-order valence-corrected chi connectivity index (χ3v) is 5.34. The second kappa shape index (κ2) is 10.9. The lowest BCUT2D eigenvalue weighted by Gasteiger charge is -2.36. The molecule has 3 nitrogen and oxygen atoms in total. The molecule has 3 aromatic rings. The molecule has 0 saturated carbocycles. The van der Waals surface area contributed by atoms with Crippen molar-refractivity contribution in [1.29, 1.82) is 0 Å². The van der Waals surface area contributed by atoms with E-state index in [1.807, 2.05) is 0 Å². The Labute approximate surface area is 205 Å². The van der Waals surface area contributed by atoms with Gasteiger partial charge in [0.2, 0.25) is 0 Å². The number of ether oxygens (including phenoxy) is 2. The first-order valence-electron chi connectivity index (χ1n) is 10.7. The number of rotatable bonds is 9. The van der Waals surface area contributed by atoms with Crippen LogP contribution in [0.4, 0.5) is 39.5 Å². The zero-order chi connectivity index (χ0) is 27.3. The molecule has 37 heavy (non-hydrogen) atoms. The third-order valence-electron chi connectivity index (χ3n) is 5.34. The molecule has 0 amide bonds. The Morgan fingerprint density at radius 2 is 1.05 bits per heavy atom. The van der Waals surface area contributed by atoms with Gasteiger partial charge in [0.15, 0.2) is 0 Å². The third kappa shape index (κ3) is 8.59. The van der Waals surface area contributed by atoms with Gasteiger partial charge in [-0.1, -0.05) is 54.6 Å². The number of hydrogen-bond acceptors (Lipinski definition) is 3. The lowest BCUT2D eigenvalue weighted by atomic mass is 9.70. The smallest absolute Gasteiger partial charge is 0.406 e. The van der Waals surface area contributed by atoms with E-state index in [0.29, 0.717) is 5.56 Å². The molecule has 0 bridgehead atoms. The van der Waals surface area contributed by atoms with Crippen molar-refractivity contribution in [1.82, 2.24) is 5.32 Å². The van der Waals surface area contributed by atoms with Gasteiger partial charge in [0, 0.05) is 12.0 Å². The van der Waals surface area contributed by atoms with Crippen molar-refractivity contribution in [3.8, 4) is 11.5 Å². The van der Waals surface area contributed by atoms with Crippen molar-refractivity contribution >= 4 is 0 Å². The predicted molar refractivity (Wildman–Crippen MR) is 116 cm³/mol. The zero-order valence-electron chi connectivity index (χ0n) is 18.8. The van der Waals surface area contributed by atoms with E-state index in [2.05, 4.69) is 14.8 Å². The highest BCUT2D eigenvalue weighted by atomic mass is 19.4. The molecule has 12 heteroatoms. The summed E-state index contributed by atoms with van der Waals surface area (Å²) in [6.07, 6.45) is -14.8. The van der Waals surface area contributed by atoms with E-state index in [-0.39, 0.29) is 17.5 Å². The first-order valence-corrected chi connectivity index (χ1v) is 10.7. The summed E-state index contributed by atoms with van der Waals surface area (Å²) >= 11 is 0. The lowest BCUT2D eigenvalue weighted by Crippen LogP contribution is -2.44. The first kappa shape index (κ1) is 28.2. The molecule has 0 heterocycles. The molecule has 0 aromatic heterocycles. The highest BCUT2D eigenvalue weighted by Gasteiger charge is 2.39. The van der Waals surface area contributed by atoms with Crippen LogP contribution in [0.1, 0.15) is 16.7 Å². The van der Waals surface area contributed by atoms with Crippen molar-refractivity contribution in [3.05, 3.63) is 95.6 Å². The topological polar surface area (TPSA) is 30.5 Å². The zero-order valence-corrected chi connectivity index (χ0v) is 18.8. The standard InChI is InChI=1S/C25H20F9NO2/c26-23(27,28)16-35-15-22(14-17-6-2-1-3-7-17,18-8-4-10-20(12-18)36-24(29,30)31)19-9-5-11-21(13-19)37-25(32,33)34/h1-13,35H,14-16H2. The first-order chi connectivity index (χ1) is 17.2. The van der Waals surface area contributed by atoms with Gasteiger partial charge in [-0.2, -0.15) is 13.2 Å². The van der Waals surface area contributed by atoms with Crippen molar-refractivity contribution < 1.29 is 49.0 Å². The van der Waals surface area contributed by atoms with Crippen LogP contribution in [0.2, 0.25) is 0 Å². The number of hydrogen-bond donors (Lipinski definition) is 1. The number of nitrogens with one attached hydrogen (secondary N) is 1. The molecule has 0 aliphatic carbocycles. The van der Waals surface area contributed by atoms with Crippen LogP contribution in [-0.4, -0.2) is 32.0 Å². The molecule has 0 unspecified atom stereocenters. The van der Waals surface area contributed by atoms with Gasteiger partial charge in [-0.05, 0) is 47.4 Å². The minimum absolute atomic E-state index is 0.0797. The quantitative estimate of drug-likeness (QED) is 0.294. The fourth-order valence-corrected chi connectivity index (χ4v) is 3.98. The van der Waals surface area contributed by atoms with Gasteiger partial charge in [-0.3, -0.25) is 0 Å². The van der Waals surface area contributed by atoms with E-state index in [0.717, 1.165) is 24.3 Å². The van der Waals surface area contributed by atoms with E-state index in [1.165, 1.54) is 24.3 Å². The summed E-state index contributed by atoms with van der Waals surface area (Å²) < 4.78 is 124. The van der Waals surface area contributed by atoms with Gasteiger partial charge in [-0.25, -0.2) is 0 Å². The van der Waals surface area contributed by atoms with Crippen LogP contribution in [0.15, 0.2) is 78.9 Å². The molecule has 0 aliphatic rings. The van der Waals surface area contributed by atoms with E-state index >= 15 is 0 Å². The Balaban J connectivity index is 2.20. The van der Waals surface area contributed by atoms with Crippen LogP contribution < -0.4 is 14.8 Å². The van der Waals surface area contributed by atoms with Crippen LogP contribution in [0.3, 0.4) is 0 Å². The maximum absolute atomic E-state index is 13.0. The predicted octanol–water partition coefficient (Wildman–Crippen LogP) is 7.16. The summed E-state index contributed by atoms with van der Waals surface area (Å²) in [6, 6.07) is 17.5. The molecule has 1 N–H and O–H groups in total. The summed E-state index contributed by atoms with van der Waals surface area (Å²) in [7, 11) is 0. The second-order valence-corrected chi connectivity index (χ2v) is 8.11. The molecule has 0 aliphatic heterocycles. The Kier molecular flexibility index (Phi) is 8.31. The van der Waals surface area contributed by atoms with Gasteiger partial charge in [0.05, 0.1) is 6.54 Å². The summed E-state index contributed by atoms with van der Waals surface area (Å²) in [5.41, 5.74) is -0.836. The average Bonchev–Trinajstić information content (AvgIpc) is 2.76. The van der Waals surface area contributed by atoms with Gasteiger partial charge >= 0.3 is 18.9 Å². The molecule has 0 spiro atoms. The summed E-state index contributed by atoms with van der Waals surface area (Å²) in [4.78, 5) is 0. The Morgan fingerprint density at radius 3 is 1.49 bits per heavy atom. The molecule has 0 atom stereocenters. The minimum Gasteiger partial charge on any atom is -0.406 e. The molecular weight excluding hydrogens is 517 g/mol. The molecular formula is C25H20F9NO2. The fourth-order valence-electron chi connectivity index (χ4n) is 3.98. The van der Waals surface area contributed by atoms with Crippen molar-refractivity contribution in [2.45, 2.75) is 30.7 Å². The SMILES string of the molecule is FC(F)(F)CNCC(Cc1ccccc1)(c1cccc(OC(F)(F)F)c1)c1cccc(OC(F)(F)F)c1. The van der Waals surface area contributed by atoms with Gasteiger partial charge < -0.3 is 14.8 Å².